The van der Waals surface area contributed by atoms with Crippen LogP contribution in [0.2, 0.25) is 0 Å². The monoisotopic (exact) mass is 924 g/mol. The van der Waals surface area contributed by atoms with Crippen LogP contribution in [0.1, 0.15) is 49.9 Å². The minimum Gasteiger partial charge on any atom is -0.456 e. The topological polar surface area (TPSA) is 32.8 Å². The zero-order valence-corrected chi connectivity index (χ0v) is 40.5. The van der Waals surface area contributed by atoms with Gasteiger partial charge < -0.3 is 18.6 Å². The van der Waals surface area contributed by atoms with Crippen molar-refractivity contribution in [2.24, 2.45) is 0 Å². The molecule has 15 rings (SSSR count). The Morgan fingerprint density at radius 2 is 0.667 bits per heavy atom. The highest BCUT2D eigenvalue weighted by Gasteiger charge is 2.40. The zero-order valence-electron chi connectivity index (χ0n) is 40.5. The van der Waals surface area contributed by atoms with Crippen molar-refractivity contribution in [3.8, 4) is 22.3 Å². The van der Waals surface area contributed by atoms with Crippen LogP contribution >= 0.6 is 0 Å². The van der Waals surface area contributed by atoms with E-state index in [1.54, 1.807) is 0 Å². The maximum atomic E-state index is 6.62. The quantitative estimate of drug-likeness (QED) is 0.165. The van der Waals surface area contributed by atoms with Gasteiger partial charge in [-0.15, -0.1) is 0 Å². The first kappa shape index (κ1) is 41.0. The van der Waals surface area contributed by atoms with E-state index in [0.29, 0.717) is 0 Å². The van der Waals surface area contributed by atoms with E-state index >= 15 is 0 Å². The summed E-state index contributed by atoms with van der Waals surface area (Å²) in [4.78, 5) is 4.94. The molecular formula is C68H48N2O2. The molecule has 342 valence electrons. The third kappa shape index (κ3) is 5.69. The highest BCUT2D eigenvalue weighted by molar-refractivity contribution is 6.23. The van der Waals surface area contributed by atoms with Gasteiger partial charge in [0.25, 0.3) is 0 Å². The Labute approximate surface area is 417 Å². The number of fused-ring (bicyclic) bond motifs is 12. The first-order valence-corrected chi connectivity index (χ1v) is 25.1. The Morgan fingerprint density at radius 3 is 1.11 bits per heavy atom. The second-order valence-electron chi connectivity index (χ2n) is 20.8. The van der Waals surface area contributed by atoms with Gasteiger partial charge in [-0.3, -0.25) is 0 Å². The van der Waals surface area contributed by atoms with Crippen molar-refractivity contribution in [3.63, 3.8) is 0 Å². The van der Waals surface area contributed by atoms with Crippen molar-refractivity contribution in [2.45, 2.75) is 38.5 Å². The summed E-state index contributed by atoms with van der Waals surface area (Å²) in [7, 11) is 0. The van der Waals surface area contributed by atoms with Crippen LogP contribution < -0.4 is 9.80 Å². The molecule has 2 aliphatic heterocycles. The lowest BCUT2D eigenvalue weighted by molar-refractivity contribution is 0.630. The Bertz CT molecular complexity index is 4120. The van der Waals surface area contributed by atoms with Gasteiger partial charge in [0.1, 0.15) is 22.3 Å². The number of hydrogen-bond donors (Lipinski definition) is 0. The minimum absolute atomic E-state index is 0.265. The van der Waals surface area contributed by atoms with Gasteiger partial charge in [-0.05, 0) is 127 Å². The largest absolute Gasteiger partial charge is 0.456 e. The Morgan fingerprint density at radius 1 is 0.278 bits per heavy atom. The highest BCUT2D eigenvalue weighted by atomic mass is 16.3. The van der Waals surface area contributed by atoms with Gasteiger partial charge in [0.15, 0.2) is 0 Å². The van der Waals surface area contributed by atoms with Gasteiger partial charge in [-0.1, -0.05) is 173 Å². The first-order valence-electron chi connectivity index (χ1n) is 25.1. The predicted molar refractivity (Wildman–Crippen MR) is 301 cm³/mol. The number of benzene rings is 11. The molecule has 0 aliphatic carbocycles. The molecule has 0 atom stereocenters. The molecule has 0 bridgehead atoms. The smallest absolute Gasteiger partial charge is 0.137 e. The molecule has 0 fully saturated rings. The standard InChI is InChI=1S/C68H48N2O2/c1-67(2)53-25-13-15-27-57(53)69(59-39-63-49(37-55(59)67)45-23-11-17-29-61(45)71-63)43-31-33-47-51(35-43)65(41-19-7-5-8-20-41)48-34-32-44(36-52(48)66(47)42-21-9-6-10-22-42)70-58-28-16-14-26-54(58)68(3,4)56-38-50-46-24-12-18-30-62(46)72-64(50)40-60(56)70/h5-40H,1-4H3. The van der Waals surface area contributed by atoms with Crippen molar-refractivity contribution >= 4 is 99.5 Å². The van der Waals surface area contributed by atoms with Crippen LogP contribution in [0.25, 0.3) is 87.7 Å². The van der Waals surface area contributed by atoms with Gasteiger partial charge in [0.05, 0.1) is 22.7 Å². The third-order valence-corrected chi connectivity index (χ3v) is 16.2. The van der Waals surface area contributed by atoms with E-state index in [2.05, 4.69) is 256 Å². The summed E-state index contributed by atoms with van der Waals surface area (Å²) < 4.78 is 13.2. The van der Waals surface area contributed by atoms with Crippen molar-refractivity contribution < 1.29 is 8.83 Å². The summed E-state index contributed by atoms with van der Waals surface area (Å²) in [5, 5.41) is 9.32. The van der Waals surface area contributed by atoms with Gasteiger partial charge in [-0.2, -0.15) is 0 Å². The summed E-state index contributed by atoms with van der Waals surface area (Å²) in [6.45, 7) is 9.44. The average Bonchev–Trinajstić information content (AvgIpc) is 3.97. The summed E-state index contributed by atoms with van der Waals surface area (Å²) in [5.74, 6) is 0. The molecule has 0 unspecified atom stereocenters. The molecule has 0 N–H and O–H groups in total. The third-order valence-electron chi connectivity index (χ3n) is 16.2. The van der Waals surface area contributed by atoms with Gasteiger partial charge in [0, 0.05) is 55.9 Å². The molecule has 2 aliphatic rings. The molecule has 4 nitrogen and oxygen atoms in total. The Hall–Kier alpha value is -8.86. The van der Waals surface area contributed by atoms with E-state index in [4.69, 9.17) is 8.83 Å². The lowest BCUT2D eigenvalue weighted by Gasteiger charge is -2.42. The molecule has 0 saturated carbocycles. The molecule has 72 heavy (non-hydrogen) atoms. The number of nitrogens with zero attached hydrogens (tertiary/aromatic N) is 2. The van der Waals surface area contributed by atoms with Crippen LogP contribution in [0.15, 0.2) is 227 Å². The number of para-hydroxylation sites is 4. The Kier molecular flexibility index (Phi) is 8.44. The number of rotatable bonds is 4. The number of furan rings is 2. The SMILES string of the molecule is CC1(C)c2ccccc2N(c2ccc3c(-c4ccccc4)c4cc(N5c6ccccc6C(C)(C)c6cc7c(cc65)oc5ccccc57)ccc4c(-c4ccccc4)c3c2)c2cc3oc4ccccc4c3cc21. The molecule has 11 aromatic carbocycles. The molecule has 4 heterocycles. The fourth-order valence-corrected chi connectivity index (χ4v) is 12.7. The van der Waals surface area contributed by atoms with E-state index in [9.17, 15) is 0 Å². The van der Waals surface area contributed by atoms with Crippen molar-refractivity contribution in [3.05, 3.63) is 241 Å². The van der Waals surface area contributed by atoms with Crippen LogP contribution in [-0.2, 0) is 10.8 Å². The lowest BCUT2D eigenvalue weighted by atomic mass is 9.73. The van der Waals surface area contributed by atoms with Crippen LogP contribution in [0.3, 0.4) is 0 Å². The van der Waals surface area contributed by atoms with Crippen molar-refractivity contribution in [2.75, 3.05) is 9.80 Å². The molecule has 0 saturated heterocycles. The van der Waals surface area contributed by atoms with Gasteiger partial charge in [0.2, 0.25) is 0 Å². The summed E-state index contributed by atoms with van der Waals surface area (Å²) in [5.41, 5.74) is 19.7. The first-order chi connectivity index (χ1) is 35.2. The highest BCUT2D eigenvalue weighted by Crippen LogP contribution is 2.57. The number of hydrogen-bond acceptors (Lipinski definition) is 4. The molecule has 13 aromatic rings. The van der Waals surface area contributed by atoms with E-state index in [1.807, 2.05) is 0 Å². The zero-order chi connectivity index (χ0) is 48.0. The molecule has 0 radical (unpaired) electrons. The van der Waals surface area contributed by atoms with Crippen molar-refractivity contribution in [1.82, 2.24) is 0 Å². The van der Waals surface area contributed by atoms with Crippen molar-refractivity contribution in [1.29, 1.82) is 0 Å². The molecule has 2 aromatic heterocycles. The maximum Gasteiger partial charge on any atom is 0.137 e. The van der Waals surface area contributed by atoms with Crippen LogP contribution in [0.5, 0.6) is 0 Å². The minimum atomic E-state index is -0.265. The fraction of sp³-hybridized carbons (Fsp3) is 0.0882. The summed E-state index contributed by atoms with van der Waals surface area (Å²) in [6.07, 6.45) is 0. The predicted octanol–water partition coefficient (Wildman–Crippen LogP) is 19.3. The normalized spacial score (nSPS) is 14.6. The summed E-state index contributed by atoms with van der Waals surface area (Å²) >= 11 is 0. The molecule has 0 amide bonds. The molecule has 4 heteroatoms. The fourth-order valence-electron chi connectivity index (χ4n) is 12.7. The van der Waals surface area contributed by atoms with E-state index < -0.39 is 0 Å². The second kappa shape index (κ2) is 14.8. The van der Waals surface area contributed by atoms with Crippen LogP contribution in [0.4, 0.5) is 34.1 Å². The van der Waals surface area contributed by atoms with Gasteiger partial charge in [-0.25, -0.2) is 0 Å². The lowest BCUT2D eigenvalue weighted by Crippen LogP contribution is -2.30. The molecule has 0 spiro atoms. The van der Waals surface area contributed by atoms with Gasteiger partial charge >= 0.3 is 0 Å². The van der Waals surface area contributed by atoms with E-state index in [0.717, 1.165) is 66.6 Å². The second-order valence-corrected chi connectivity index (χ2v) is 20.8. The average molecular weight is 925 g/mol. The van der Waals surface area contributed by atoms with E-state index in [-0.39, 0.29) is 10.8 Å². The maximum absolute atomic E-state index is 6.62. The van der Waals surface area contributed by atoms with Crippen LogP contribution in [-0.4, -0.2) is 0 Å². The summed E-state index contributed by atoms with van der Waals surface area (Å²) in [6, 6.07) is 80.2. The Balaban J connectivity index is 1.01. The number of anilines is 6. The van der Waals surface area contributed by atoms with Crippen LogP contribution in [0, 0.1) is 0 Å². The van der Waals surface area contributed by atoms with E-state index in [1.165, 1.54) is 77.4 Å². The molecular weight excluding hydrogens is 877 g/mol.